The van der Waals surface area contributed by atoms with E-state index in [9.17, 15) is 9.90 Å². The van der Waals surface area contributed by atoms with Crippen molar-refractivity contribution in [2.45, 2.75) is 19.9 Å². The van der Waals surface area contributed by atoms with E-state index < -0.39 is 5.97 Å². The number of nitrogens with zero attached hydrogens (tertiary/aromatic N) is 2. The molecule has 0 spiro atoms. The molecule has 1 aliphatic heterocycles. The predicted molar refractivity (Wildman–Crippen MR) is 84.7 cm³/mol. The summed E-state index contributed by atoms with van der Waals surface area (Å²) in [6, 6.07) is 7.45. The zero-order chi connectivity index (χ0) is 16.2. The van der Waals surface area contributed by atoms with Crippen LogP contribution in [0.4, 0.5) is 0 Å². The number of hydrogen-bond acceptors (Lipinski definition) is 4. The lowest BCUT2D eigenvalue weighted by Crippen LogP contribution is -2.11. The molecule has 1 atom stereocenters. The molecule has 23 heavy (non-hydrogen) atoms. The van der Waals surface area contributed by atoms with E-state index in [2.05, 4.69) is 5.10 Å². The highest BCUT2D eigenvalue weighted by atomic mass is 16.5. The fraction of sp³-hybridized carbons (Fsp3) is 0.412. The zero-order valence-electron chi connectivity index (χ0n) is 13.1. The van der Waals surface area contributed by atoms with Gasteiger partial charge in [0.1, 0.15) is 5.75 Å². The molecule has 1 aliphatic rings. The molecule has 1 unspecified atom stereocenters. The van der Waals surface area contributed by atoms with Crippen molar-refractivity contribution in [1.82, 2.24) is 9.78 Å². The van der Waals surface area contributed by atoms with E-state index >= 15 is 0 Å². The molecule has 2 aromatic rings. The summed E-state index contributed by atoms with van der Waals surface area (Å²) in [5.74, 6) is 0.213. The minimum atomic E-state index is -1.02. The number of carbonyl (C=O) groups is 1. The predicted octanol–water partition coefficient (Wildman–Crippen LogP) is 2.68. The summed E-state index contributed by atoms with van der Waals surface area (Å²) in [6.45, 7) is 4.77. The van der Waals surface area contributed by atoms with E-state index in [0.29, 0.717) is 24.6 Å². The van der Waals surface area contributed by atoms with Crippen LogP contribution in [0.3, 0.4) is 0 Å². The maximum absolute atomic E-state index is 11.3. The van der Waals surface area contributed by atoms with Gasteiger partial charge >= 0.3 is 5.97 Å². The summed E-state index contributed by atoms with van der Waals surface area (Å²) in [5.41, 5.74) is 1.51. The Morgan fingerprint density at radius 3 is 2.83 bits per heavy atom. The lowest BCUT2D eigenvalue weighted by atomic mass is 10.1. The lowest BCUT2D eigenvalue weighted by Gasteiger charge is -2.10. The van der Waals surface area contributed by atoms with E-state index in [1.807, 2.05) is 31.2 Å². The number of carboxylic acid groups (broad SMARTS) is 1. The summed E-state index contributed by atoms with van der Waals surface area (Å²) in [4.78, 5) is 11.3. The maximum Gasteiger partial charge on any atom is 0.357 e. The number of carboxylic acids is 1. The number of ether oxygens (including phenoxy) is 2. The molecule has 0 saturated carbocycles. The fourth-order valence-electron chi connectivity index (χ4n) is 2.61. The van der Waals surface area contributed by atoms with Gasteiger partial charge in [0.15, 0.2) is 5.69 Å². The molecular weight excluding hydrogens is 296 g/mol. The molecule has 1 N–H and O–H groups in total. The molecule has 3 rings (SSSR count). The first kappa shape index (κ1) is 15.6. The van der Waals surface area contributed by atoms with E-state index in [1.54, 1.807) is 10.9 Å². The number of hydrogen-bond donors (Lipinski definition) is 1. The Morgan fingerprint density at radius 2 is 2.22 bits per heavy atom. The minimum Gasteiger partial charge on any atom is -0.493 e. The summed E-state index contributed by atoms with van der Waals surface area (Å²) < 4.78 is 12.7. The van der Waals surface area contributed by atoms with Crippen LogP contribution in [0.1, 0.15) is 23.8 Å². The second kappa shape index (κ2) is 6.83. The van der Waals surface area contributed by atoms with Gasteiger partial charge in [-0.3, -0.25) is 4.68 Å². The molecule has 1 saturated heterocycles. The van der Waals surface area contributed by atoms with E-state index in [-0.39, 0.29) is 5.69 Å². The van der Waals surface area contributed by atoms with Crippen LogP contribution in [0.2, 0.25) is 0 Å². The van der Waals surface area contributed by atoms with Crippen LogP contribution in [0, 0.1) is 5.92 Å². The summed E-state index contributed by atoms with van der Waals surface area (Å²) in [5, 5.41) is 13.4. The maximum atomic E-state index is 11.3. The third-order valence-electron chi connectivity index (χ3n) is 3.96. The molecule has 1 aromatic heterocycles. The summed E-state index contributed by atoms with van der Waals surface area (Å²) >= 11 is 0. The molecule has 122 valence electrons. The van der Waals surface area contributed by atoms with Crippen molar-refractivity contribution < 1.29 is 19.4 Å². The van der Waals surface area contributed by atoms with Crippen LogP contribution in [-0.2, 0) is 11.3 Å². The first-order valence-electron chi connectivity index (χ1n) is 7.79. The Morgan fingerprint density at radius 1 is 1.43 bits per heavy atom. The van der Waals surface area contributed by atoms with Crippen LogP contribution in [0.15, 0.2) is 30.5 Å². The summed E-state index contributed by atoms with van der Waals surface area (Å²) in [6.07, 6.45) is 2.80. The van der Waals surface area contributed by atoms with Crippen molar-refractivity contribution in [2.24, 2.45) is 5.92 Å². The van der Waals surface area contributed by atoms with Crippen LogP contribution >= 0.6 is 0 Å². The lowest BCUT2D eigenvalue weighted by molar-refractivity contribution is 0.0690. The van der Waals surface area contributed by atoms with E-state index in [4.69, 9.17) is 9.47 Å². The number of aryl methyl sites for hydroxylation is 1. The summed E-state index contributed by atoms with van der Waals surface area (Å²) in [7, 11) is 0. The monoisotopic (exact) mass is 316 g/mol. The number of benzene rings is 1. The van der Waals surface area contributed by atoms with Gasteiger partial charge in [0.2, 0.25) is 0 Å². The number of aromatic carboxylic acids is 1. The van der Waals surface area contributed by atoms with Crippen molar-refractivity contribution >= 4 is 5.97 Å². The molecule has 0 aliphatic carbocycles. The average Bonchev–Trinajstić information content (AvgIpc) is 3.23. The van der Waals surface area contributed by atoms with Crippen molar-refractivity contribution in [1.29, 1.82) is 0 Å². The largest absolute Gasteiger partial charge is 0.493 e. The van der Waals surface area contributed by atoms with Crippen molar-refractivity contribution in [3.63, 3.8) is 0 Å². The molecule has 0 amide bonds. The second-order valence-electron chi connectivity index (χ2n) is 5.62. The molecule has 6 nitrogen and oxygen atoms in total. The molecule has 0 bridgehead atoms. The van der Waals surface area contributed by atoms with Crippen LogP contribution in [-0.4, -0.2) is 40.7 Å². The first-order chi connectivity index (χ1) is 11.2. The Bertz CT molecular complexity index is 672. The van der Waals surface area contributed by atoms with Crippen molar-refractivity contribution in [3.8, 4) is 16.9 Å². The number of aromatic nitrogens is 2. The highest BCUT2D eigenvalue weighted by molar-refractivity contribution is 5.93. The van der Waals surface area contributed by atoms with Crippen LogP contribution < -0.4 is 4.74 Å². The van der Waals surface area contributed by atoms with Crippen LogP contribution in [0.25, 0.3) is 11.1 Å². The fourth-order valence-corrected chi connectivity index (χ4v) is 2.61. The standard InChI is InChI=1S/C17H20N2O4/c1-2-19-9-15(16(18-19)17(20)21)13-3-5-14(6-4-13)23-11-12-7-8-22-10-12/h3-6,9,12H,2,7-8,10-11H2,1H3,(H,20,21). The molecule has 1 aromatic carbocycles. The second-order valence-corrected chi connectivity index (χ2v) is 5.62. The first-order valence-corrected chi connectivity index (χ1v) is 7.79. The van der Waals surface area contributed by atoms with Crippen LogP contribution in [0.5, 0.6) is 5.75 Å². The van der Waals surface area contributed by atoms with Gasteiger partial charge in [0.25, 0.3) is 0 Å². The van der Waals surface area contributed by atoms with E-state index in [0.717, 1.165) is 30.9 Å². The SMILES string of the molecule is CCn1cc(-c2ccc(OCC3CCOC3)cc2)c(C(=O)O)n1. The van der Waals surface area contributed by atoms with Gasteiger partial charge in [-0.2, -0.15) is 5.10 Å². The smallest absolute Gasteiger partial charge is 0.357 e. The topological polar surface area (TPSA) is 73.6 Å². The van der Waals surface area contributed by atoms with Gasteiger partial charge < -0.3 is 14.6 Å². The van der Waals surface area contributed by atoms with Gasteiger partial charge in [0, 0.05) is 30.8 Å². The molecule has 2 heterocycles. The Balaban J connectivity index is 1.73. The van der Waals surface area contributed by atoms with Gasteiger partial charge in [-0.05, 0) is 31.0 Å². The van der Waals surface area contributed by atoms with Gasteiger partial charge in [-0.15, -0.1) is 0 Å². The zero-order valence-corrected chi connectivity index (χ0v) is 13.1. The Labute approximate surface area is 134 Å². The Hall–Kier alpha value is -2.34. The normalized spacial score (nSPS) is 17.3. The number of rotatable bonds is 6. The Kier molecular flexibility index (Phi) is 4.62. The third-order valence-corrected chi connectivity index (χ3v) is 3.96. The van der Waals surface area contributed by atoms with E-state index in [1.165, 1.54) is 0 Å². The molecular formula is C17H20N2O4. The van der Waals surface area contributed by atoms with Crippen molar-refractivity contribution in [3.05, 3.63) is 36.2 Å². The van der Waals surface area contributed by atoms with Gasteiger partial charge in [-0.1, -0.05) is 12.1 Å². The molecule has 0 radical (unpaired) electrons. The molecule has 1 fully saturated rings. The minimum absolute atomic E-state index is 0.0728. The molecule has 6 heteroatoms. The highest BCUT2D eigenvalue weighted by Crippen LogP contribution is 2.26. The average molecular weight is 316 g/mol. The highest BCUT2D eigenvalue weighted by Gasteiger charge is 2.18. The quantitative estimate of drug-likeness (QED) is 0.887. The van der Waals surface area contributed by atoms with Gasteiger partial charge in [-0.25, -0.2) is 4.79 Å². The van der Waals surface area contributed by atoms with Crippen molar-refractivity contribution in [2.75, 3.05) is 19.8 Å². The third kappa shape index (κ3) is 3.53. The van der Waals surface area contributed by atoms with Gasteiger partial charge in [0.05, 0.1) is 13.2 Å².